The van der Waals surface area contributed by atoms with Crippen molar-refractivity contribution >= 4 is 7.32 Å². The minimum absolute atomic E-state index is 0.191. The molecule has 6 heteroatoms. The minimum Gasteiger partial charge on any atom is -0.507 e. The molecule has 1 aromatic carbocycles. The molecule has 0 aliphatic carbocycles. The smallest absolute Gasteiger partial charge is 0.507 e. The standard InChI is InChI=1S/C16H26BFO4/c1-2-3-4-5-6-7-8-9-13-21-15-12-10-11-14(18)16(15)22-17(19)20/h10-12,19-20H,2-9,13H2,1H3. The number of ether oxygens (including phenoxy) is 1. The molecule has 0 aliphatic rings. The lowest BCUT2D eigenvalue weighted by Crippen LogP contribution is -2.21. The van der Waals surface area contributed by atoms with Crippen LogP contribution in [0.15, 0.2) is 18.2 Å². The number of benzene rings is 1. The first kappa shape index (κ1) is 18.8. The zero-order valence-electron chi connectivity index (χ0n) is 13.3. The van der Waals surface area contributed by atoms with Crippen molar-refractivity contribution in [2.75, 3.05) is 6.61 Å². The van der Waals surface area contributed by atoms with Crippen molar-refractivity contribution in [1.82, 2.24) is 0 Å². The first-order valence-corrected chi connectivity index (χ1v) is 8.09. The zero-order valence-corrected chi connectivity index (χ0v) is 13.3. The zero-order chi connectivity index (χ0) is 16.2. The summed E-state index contributed by atoms with van der Waals surface area (Å²) in [5, 5.41) is 17.6. The second-order valence-corrected chi connectivity index (χ2v) is 5.33. The molecule has 0 atom stereocenters. The topological polar surface area (TPSA) is 58.9 Å². The highest BCUT2D eigenvalue weighted by molar-refractivity contribution is 6.33. The van der Waals surface area contributed by atoms with Crippen LogP contribution in [-0.4, -0.2) is 24.0 Å². The fourth-order valence-electron chi connectivity index (χ4n) is 2.24. The summed E-state index contributed by atoms with van der Waals surface area (Å²) in [6.07, 6.45) is 9.52. The van der Waals surface area contributed by atoms with Gasteiger partial charge in [-0.2, -0.15) is 0 Å². The molecule has 0 saturated heterocycles. The van der Waals surface area contributed by atoms with E-state index in [0.29, 0.717) is 6.61 Å². The average molecular weight is 312 g/mol. The summed E-state index contributed by atoms with van der Waals surface area (Å²) in [6, 6.07) is 4.22. The SMILES string of the molecule is CCCCCCCCCCOc1cccc(F)c1OB(O)O. The predicted molar refractivity (Wildman–Crippen MR) is 85.3 cm³/mol. The van der Waals surface area contributed by atoms with Crippen LogP contribution in [0.3, 0.4) is 0 Å². The van der Waals surface area contributed by atoms with Crippen LogP contribution in [0.5, 0.6) is 11.5 Å². The summed E-state index contributed by atoms with van der Waals surface area (Å²) < 4.78 is 23.7. The number of halogens is 1. The molecule has 0 heterocycles. The number of hydrogen-bond acceptors (Lipinski definition) is 4. The van der Waals surface area contributed by atoms with Gasteiger partial charge in [0.05, 0.1) is 6.61 Å². The Kier molecular flexibility index (Phi) is 9.67. The Morgan fingerprint density at radius 2 is 1.64 bits per heavy atom. The molecule has 0 bridgehead atoms. The van der Waals surface area contributed by atoms with Gasteiger partial charge in [0.15, 0.2) is 17.3 Å². The number of rotatable bonds is 12. The van der Waals surface area contributed by atoms with Crippen molar-refractivity contribution in [3.05, 3.63) is 24.0 Å². The van der Waals surface area contributed by atoms with Crippen molar-refractivity contribution in [3.8, 4) is 11.5 Å². The molecular formula is C16H26BFO4. The van der Waals surface area contributed by atoms with Gasteiger partial charge in [-0.05, 0) is 18.6 Å². The molecule has 0 fully saturated rings. The Balaban J connectivity index is 2.23. The van der Waals surface area contributed by atoms with E-state index in [1.807, 2.05) is 0 Å². The van der Waals surface area contributed by atoms with Gasteiger partial charge in [0.1, 0.15) is 0 Å². The van der Waals surface area contributed by atoms with E-state index in [1.54, 1.807) is 6.07 Å². The Morgan fingerprint density at radius 3 is 2.27 bits per heavy atom. The van der Waals surface area contributed by atoms with E-state index in [2.05, 4.69) is 11.6 Å². The summed E-state index contributed by atoms with van der Waals surface area (Å²) in [5.41, 5.74) is 0. The van der Waals surface area contributed by atoms with Crippen LogP contribution in [0, 0.1) is 5.82 Å². The number of para-hydroxylation sites is 1. The fourth-order valence-corrected chi connectivity index (χ4v) is 2.24. The molecule has 22 heavy (non-hydrogen) atoms. The first-order valence-electron chi connectivity index (χ1n) is 8.09. The van der Waals surface area contributed by atoms with E-state index in [-0.39, 0.29) is 11.5 Å². The second kappa shape index (κ2) is 11.3. The maximum absolute atomic E-state index is 13.6. The van der Waals surface area contributed by atoms with Gasteiger partial charge in [0.25, 0.3) is 0 Å². The summed E-state index contributed by atoms with van der Waals surface area (Å²) in [4.78, 5) is 0. The maximum Gasteiger partial charge on any atom is 0.707 e. The Hall–Kier alpha value is -1.27. The maximum atomic E-state index is 13.6. The average Bonchev–Trinajstić information content (AvgIpc) is 2.48. The van der Waals surface area contributed by atoms with Crippen LogP contribution in [0.4, 0.5) is 4.39 Å². The minimum atomic E-state index is -2.07. The molecule has 0 amide bonds. The van der Waals surface area contributed by atoms with Crippen molar-refractivity contribution in [3.63, 3.8) is 0 Å². The van der Waals surface area contributed by atoms with Gasteiger partial charge in [0.2, 0.25) is 0 Å². The van der Waals surface area contributed by atoms with Gasteiger partial charge < -0.3 is 19.4 Å². The lowest BCUT2D eigenvalue weighted by molar-refractivity contribution is 0.256. The molecule has 0 aromatic heterocycles. The molecular weight excluding hydrogens is 286 g/mol. The van der Waals surface area contributed by atoms with Crippen molar-refractivity contribution in [2.45, 2.75) is 58.3 Å². The monoisotopic (exact) mass is 312 g/mol. The van der Waals surface area contributed by atoms with Crippen molar-refractivity contribution in [1.29, 1.82) is 0 Å². The third kappa shape index (κ3) is 7.66. The highest BCUT2D eigenvalue weighted by Crippen LogP contribution is 2.30. The van der Waals surface area contributed by atoms with Gasteiger partial charge in [-0.3, -0.25) is 0 Å². The lowest BCUT2D eigenvalue weighted by atomic mass is 10.1. The summed E-state index contributed by atoms with van der Waals surface area (Å²) in [7, 11) is -2.07. The molecule has 0 saturated carbocycles. The lowest BCUT2D eigenvalue weighted by Gasteiger charge is -2.13. The molecule has 2 N–H and O–H groups in total. The molecule has 4 nitrogen and oxygen atoms in total. The van der Waals surface area contributed by atoms with E-state index < -0.39 is 13.1 Å². The summed E-state index contributed by atoms with van der Waals surface area (Å²) >= 11 is 0. The van der Waals surface area contributed by atoms with Crippen LogP contribution in [-0.2, 0) is 0 Å². The van der Waals surface area contributed by atoms with Crippen molar-refractivity contribution in [2.24, 2.45) is 0 Å². The molecule has 0 spiro atoms. The number of hydrogen-bond donors (Lipinski definition) is 2. The highest BCUT2D eigenvalue weighted by atomic mass is 19.1. The van der Waals surface area contributed by atoms with Crippen LogP contribution in [0.25, 0.3) is 0 Å². The van der Waals surface area contributed by atoms with Crippen LogP contribution in [0.2, 0.25) is 0 Å². The normalized spacial score (nSPS) is 10.5. The van der Waals surface area contributed by atoms with E-state index in [0.717, 1.165) is 12.8 Å². The van der Waals surface area contributed by atoms with E-state index >= 15 is 0 Å². The Labute approximate surface area is 132 Å². The predicted octanol–water partition coefficient (Wildman–Crippen LogP) is 3.69. The molecule has 1 aromatic rings. The second-order valence-electron chi connectivity index (χ2n) is 5.33. The van der Waals surface area contributed by atoms with Gasteiger partial charge in [-0.15, -0.1) is 0 Å². The third-order valence-electron chi connectivity index (χ3n) is 3.41. The van der Waals surface area contributed by atoms with Gasteiger partial charge in [0, 0.05) is 0 Å². The van der Waals surface area contributed by atoms with E-state index in [9.17, 15) is 4.39 Å². The van der Waals surface area contributed by atoms with E-state index in [4.69, 9.17) is 14.8 Å². The van der Waals surface area contributed by atoms with Gasteiger partial charge in [-0.1, -0.05) is 57.9 Å². The molecule has 0 unspecified atom stereocenters. The van der Waals surface area contributed by atoms with Crippen LogP contribution < -0.4 is 9.39 Å². The molecule has 1 rings (SSSR count). The van der Waals surface area contributed by atoms with Gasteiger partial charge in [-0.25, -0.2) is 4.39 Å². The summed E-state index contributed by atoms with van der Waals surface area (Å²) in [6.45, 7) is 2.66. The molecule has 0 aliphatic heterocycles. The third-order valence-corrected chi connectivity index (χ3v) is 3.41. The summed E-state index contributed by atoms with van der Waals surface area (Å²) in [5.74, 6) is -0.755. The fraction of sp³-hybridized carbons (Fsp3) is 0.625. The Morgan fingerprint density at radius 1 is 1.00 bits per heavy atom. The largest absolute Gasteiger partial charge is 0.707 e. The Bertz CT molecular complexity index is 415. The van der Waals surface area contributed by atoms with Gasteiger partial charge >= 0.3 is 7.32 Å². The van der Waals surface area contributed by atoms with Crippen LogP contribution >= 0.6 is 0 Å². The molecule has 0 radical (unpaired) electrons. The first-order chi connectivity index (χ1) is 10.6. The van der Waals surface area contributed by atoms with E-state index in [1.165, 1.54) is 50.7 Å². The molecule has 124 valence electrons. The highest BCUT2D eigenvalue weighted by Gasteiger charge is 2.18. The van der Waals surface area contributed by atoms with Crippen LogP contribution in [0.1, 0.15) is 58.3 Å². The quantitative estimate of drug-likeness (QED) is 0.456. The number of unbranched alkanes of at least 4 members (excludes halogenated alkanes) is 7. The van der Waals surface area contributed by atoms with Crippen molar-refractivity contribution < 1.29 is 23.8 Å².